The number of H-pyrrole nitrogens is 2. The summed E-state index contributed by atoms with van der Waals surface area (Å²) < 4.78 is 0. The van der Waals surface area contributed by atoms with Gasteiger partial charge in [-0.25, -0.2) is 19.9 Å². The zero-order valence-corrected chi connectivity index (χ0v) is 15.4. The van der Waals surface area contributed by atoms with E-state index in [0.29, 0.717) is 12.0 Å². The van der Waals surface area contributed by atoms with Crippen molar-refractivity contribution >= 4 is 33.7 Å². The summed E-state index contributed by atoms with van der Waals surface area (Å²) in [6, 6.07) is 4.42. The molecule has 0 saturated carbocycles. The fourth-order valence-corrected chi connectivity index (χ4v) is 4.15. The van der Waals surface area contributed by atoms with Gasteiger partial charge in [-0.2, -0.15) is 0 Å². The van der Waals surface area contributed by atoms with Gasteiger partial charge in [-0.15, -0.1) is 0 Å². The summed E-state index contributed by atoms with van der Waals surface area (Å²) in [5.41, 5.74) is 1.75. The molecule has 0 aliphatic carbocycles. The number of nitrogens with zero attached hydrogens (tertiary/aromatic N) is 6. The lowest BCUT2D eigenvalue weighted by Gasteiger charge is -2.42. The summed E-state index contributed by atoms with van der Waals surface area (Å²) in [7, 11) is 2.13. The predicted molar refractivity (Wildman–Crippen MR) is 106 cm³/mol. The summed E-state index contributed by atoms with van der Waals surface area (Å²) in [5, 5.41) is 2.13. The number of hydrogen-bond acceptors (Lipinski definition) is 6. The van der Waals surface area contributed by atoms with E-state index in [9.17, 15) is 0 Å². The minimum absolute atomic E-state index is 0.329. The number of anilines is 2. The van der Waals surface area contributed by atoms with Crippen molar-refractivity contribution in [3.05, 3.63) is 37.2 Å². The number of fused-ring (bicyclic) bond motifs is 2. The van der Waals surface area contributed by atoms with Gasteiger partial charge in [0.1, 0.15) is 35.6 Å². The fraction of sp³-hybridized carbons (Fsp3) is 0.368. The highest BCUT2D eigenvalue weighted by Gasteiger charge is 2.32. The first kappa shape index (κ1) is 16.0. The number of rotatable bonds is 3. The Hall–Kier alpha value is -3.16. The zero-order valence-electron chi connectivity index (χ0n) is 15.4. The van der Waals surface area contributed by atoms with Gasteiger partial charge in [0, 0.05) is 32.5 Å². The largest absolute Gasteiger partial charge is 0.354 e. The van der Waals surface area contributed by atoms with Crippen LogP contribution in [-0.2, 0) is 0 Å². The molecule has 5 heterocycles. The van der Waals surface area contributed by atoms with Crippen LogP contribution in [0.5, 0.6) is 0 Å². The van der Waals surface area contributed by atoms with Crippen LogP contribution in [0.25, 0.3) is 22.1 Å². The minimum atomic E-state index is 0.329. The minimum Gasteiger partial charge on any atom is -0.354 e. The van der Waals surface area contributed by atoms with E-state index in [1.165, 1.54) is 0 Å². The topological polar surface area (TPSA) is 89.6 Å². The van der Waals surface area contributed by atoms with Gasteiger partial charge in [0.2, 0.25) is 0 Å². The number of aromatic nitrogens is 6. The lowest BCUT2D eigenvalue weighted by Crippen LogP contribution is -2.51. The van der Waals surface area contributed by atoms with Crippen molar-refractivity contribution < 1.29 is 0 Å². The number of likely N-dealkylation sites (N-methyl/N-ethyl adjacent to an activating group) is 1. The Morgan fingerprint density at radius 2 is 1.70 bits per heavy atom. The van der Waals surface area contributed by atoms with Crippen LogP contribution in [0.2, 0.25) is 0 Å². The summed E-state index contributed by atoms with van der Waals surface area (Å²) >= 11 is 0. The highest BCUT2D eigenvalue weighted by molar-refractivity contribution is 5.88. The molecule has 27 heavy (non-hydrogen) atoms. The first-order valence-corrected chi connectivity index (χ1v) is 9.26. The zero-order chi connectivity index (χ0) is 18.4. The Morgan fingerprint density at radius 3 is 2.52 bits per heavy atom. The normalized spacial score (nSPS) is 20.4. The Balaban J connectivity index is 1.49. The summed E-state index contributed by atoms with van der Waals surface area (Å²) in [5.74, 6) is 2.52. The molecule has 2 N–H and O–H groups in total. The van der Waals surface area contributed by atoms with Gasteiger partial charge >= 0.3 is 0 Å². The Labute approximate surface area is 156 Å². The van der Waals surface area contributed by atoms with Crippen LogP contribution in [0.4, 0.5) is 11.6 Å². The van der Waals surface area contributed by atoms with E-state index in [2.05, 4.69) is 59.7 Å². The molecule has 1 aliphatic heterocycles. The monoisotopic (exact) mass is 362 g/mol. The third kappa shape index (κ3) is 2.59. The molecule has 0 bridgehead atoms. The summed E-state index contributed by atoms with van der Waals surface area (Å²) in [4.78, 5) is 28.8. The van der Waals surface area contributed by atoms with Crippen molar-refractivity contribution in [1.82, 2.24) is 29.9 Å². The second-order valence-corrected chi connectivity index (χ2v) is 7.26. The van der Waals surface area contributed by atoms with E-state index in [4.69, 9.17) is 0 Å². The van der Waals surface area contributed by atoms with E-state index in [1.54, 1.807) is 12.7 Å². The fourth-order valence-electron chi connectivity index (χ4n) is 4.15. The maximum absolute atomic E-state index is 4.58. The SMILES string of the molecule is C[C@@H]1CCN(c2ncnc3[nH]ccc23)C[C@@H]1N(C)c1ncnc2[nH]ccc12. The van der Waals surface area contributed by atoms with Crippen LogP contribution in [-0.4, -0.2) is 56.1 Å². The molecule has 5 rings (SSSR count). The van der Waals surface area contributed by atoms with Crippen LogP contribution < -0.4 is 9.80 Å². The van der Waals surface area contributed by atoms with Gasteiger partial charge in [0.15, 0.2) is 0 Å². The lowest BCUT2D eigenvalue weighted by atomic mass is 9.92. The molecule has 0 aromatic carbocycles. The van der Waals surface area contributed by atoms with Gasteiger partial charge < -0.3 is 19.8 Å². The average molecular weight is 362 g/mol. The number of piperidine rings is 1. The highest BCUT2D eigenvalue weighted by atomic mass is 15.3. The average Bonchev–Trinajstić information content (AvgIpc) is 3.36. The molecule has 1 saturated heterocycles. The van der Waals surface area contributed by atoms with E-state index in [1.807, 2.05) is 18.5 Å². The van der Waals surface area contributed by atoms with E-state index in [0.717, 1.165) is 53.2 Å². The van der Waals surface area contributed by atoms with E-state index < -0.39 is 0 Å². The Kier molecular flexibility index (Phi) is 3.70. The first-order chi connectivity index (χ1) is 13.2. The molecular weight excluding hydrogens is 340 g/mol. The number of nitrogens with one attached hydrogen (secondary N) is 2. The quantitative estimate of drug-likeness (QED) is 0.582. The number of aromatic amines is 2. The van der Waals surface area contributed by atoms with Crippen molar-refractivity contribution in [3.8, 4) is 0 Å². The molecule has 8 nitrogen and oxygen atoms in total. The first-order valence-electron chi connectivity index (χ1n) is 9.26. The molecular formula is C19H22N8. The molecule has 138 valence electrons. The third-order valence-corrected chi connectivity index (χ3v) is 5.72. The van der Waals surface area contributed by atoms with Crippen LogP contribution in [0.3, 0.4) is 0 Å². The molecule has 4 aromatic rings. The maximum Gasteiger partial charge on any atom is 0.142 e. The third-order valence-electron chi connectivity index (χ3n) is 5.72. The van der Waals surface area contributed by atoms with Crippen molar-refractivity contribution in [3.63, 3.8) is 0 Å². The molecule has 1 fully saturated rings. The molecule has 2 atom stereocenters. The predicted octanol–water partition coefficient (Wildman–Crippen LogP) is 2.58. The van der Waals surface area contributed by atoms with Crippen molar-refractivity contribution in [2.45, 2.75) is 19.4 Å². The van der Waals surface area contributed by atoms with Gasteiger partial charge in [-0.05, 0) is 24.5 Å². The Morgan fingerprint density at radius 1 is 1.00 bits per heavy atom. The van der Waals surface area contributed by atoms with Crippen LogP contribution in [0.1, 0.15) is 13.3 Å². The van der Waals surface area contributed by atoms with Gasteiger partial charge in [0.25, 0.3) is 0 Å². The summed E-state index contributed by atoms with van der Waals surface area (Å²) in [6.07, 6.45) is 8.20. The lowest BCUT2D eigenvalue weighted by molar-refractivity contribution is 0.366. The van der Waals surface area contributed by atoms with Crippen LogP contribution in [0, 0.1) is 5.92 Å². The summed E-state index contributed by atoms with van der Waals surface area (Å²) in [6.45, 7) is 4.21. The molecule has 8 heteroatoms. The van der Waals surface area contributed by atoms with Gasteiger partial charge in [-0.1, -0.05) is 6.92 Å². The van der Waals surface area contributed by atoms with Crippen LogP contribution >= 0.6 is 0 Å². The van der Waals surface area contributed by atoms with Crippen molar-refractivity contribution in [2.24, 2.45) is 5.92 Å². The van der Waals surface area contributed by atoms with Crippen molar-refractivity contribution in [1.29, 1.82) is 0 Å². The van der Waals surface area contributed by atoms with E-state index in [-0.39, 0.29) is 0 Å². The molecule has 4 aromatic heterocycles. The van der Waals surface area contributed by atoms with Gasteiger partial charge in [-0.3, -0.25) is 0 Å². The molecule has 0 amide bonds. The highest BCUT2D eigenvalue weighted by Crippen LogP contribution is 2.31. The Bertz CT molecular complexity index is 1080. The molecule has 0 radical (unpaired) electrons. The second-order valence-electron chi connectivity index (χ2n) is 7.26. The molecule has 1 aliphatic rings. The molecule has 0 unspecified atom stereocenters. The van der Waals surface area contributed by atoms with E-state index >= 15 is 0 Å². The second kappa shape index (κ2) is 6.22. The standard InChI is InChI=1S/C19H22N8/c1-12-5-8-27(19-14-4-7-21-17(14)23-11-25-19)9-15(12)26(2)18-13-3-6-20-16(13)22-10-24-18/h3-4,6-7,10-12,15H,5,8-9H2,1-2H3,(H,20,22,24)(H,21,23,25)/t12-,15+/m1/s1. The van der Waals surface area contributed by atoms with Gasteiger partial charge in [0.05, 0.1) is 16.8 Å². The molecule has 0 spiro atoms. The van der Waals surface area contributed by atoms with Crippen molar-refractivity contribution in [2.75, 3.05) is 29.9 Å². The number of hydrogen-bond donors (Lipinski definition) is 2. The van der Waals surface area contributed by atoms with Crippen LogP contribution in [0.15, 0.2) is 37.2 Å². The maximum atomic E-state index is 4.58. The smallest absolute Gasteiger partial charge is 0.142 e.